The Morgan fingerprint density at radius 3 is 1.59 bits per heavy atom. The van der Waals surface area contributed by atoms with E-state index in [1.54, 1.807) is 0 Å². The summed E-state index contributed by atoms with van der Waals surface area (Å²) in [5.41, 5.74) is -4.78. The van der Waals surface area contributed by atoms with Gasteiger partial charge in [0.25, 0.3) is 0 Å². The summed E-state index contributed by atoms with van der Waals surface area (Å²) in [6.07, 6.45) is -1.25. The van der Waals surface area contributed by atoms with Gasteiger partial charge in [0.05, 0.1) is 6.61 Å². The van der Waals surface area contributed by atoms with Crippen LogP contribution in [0.5, 0.6) is 0 Å². The van der Waals surface area contributed by atoms with Crippen LogP contribution in [-0.2, 0) is 14.4 Å². The largest absolute Gasteiger partial charge is 0.393 e. The van der Waals surface area contributed by atoms with Crippen LogP contribution in [0.4, 0.5) is 0 Å². The number of Topliss-reactive ketones (excluding diaryl/α,β-unsaturated/α-hetero) is 3. The molecule has 0 saturated carbocycles. The molecule has 0 aromatic rings. The molecule has 6 nitrogen and oxygen atoms in total. The Balaban J connectivity index is 5.46. The van der Waals surface area contributed by atoms with Crippen LogP contribution >= 0.6 is 0 Å². The number of ketones is 3. The number of aliphatic hydroxyl groups excluding tert-OH is 1. The number of carbonyl (C=O) groups excluding carboxylic acids is 3. The van der Waals surface area contributed by atoms with E-state index in [0.717, 1.165) is 20.8 Å². The van der Waals surface area contributed by atoms with Crippen LogP contribution < -0.4 is 0 Å². The normalized spacial score (nSPS) is 18.0. The first kappa shape index (κ1) is 15.9. The van der Waals surface area contributed by atoms with E-state index in [9.17, 15) is 24.6 Å². The molecule has 98 valence electrons. The van der Waals surface area contributed by atoms with E-state index in [0.29, 0.717) is 0 Å². The SMILES string of the molecule is CC(=O)CC(O)(CO)C(O)(CC(C)=O)C(C)=O. The van der Waals surface area contributed by atoms with Gasteiger partial charge in [-0.15, -0.1) is 0 Å². The van der Waals surface area contributed by atoms with Crippen molar-refractivity contribution in [2.45, 2.75) is 44.8 Å². The molecule has 0 bridgehead atoms. The summed E-state index contributed by atoms with van der Waals surface area (Å²) in [4.78, 5) is 33.4. The highest BCUT2D eigenvalue weighted by Gasteiger charge is 2.53. The third-order valence-electron chi connectivity index (χ3n) is 2.66. The van der Waals surface area contributed by atoms with Crippen molar-refractivity contribution >= 4 is 17.3 Å². The van der Waals surface area contributed by atoms with Crippen LogP contribution in [0, 0.1) is 0 Å². The molecule has 0 aliphatic heterocycles. The second kappa shape index (κ2) is 5.48. The zero-order valence-corrected chi connectivity index (χ0v) is 10.2. The fraction of sp³-hybridized carbons (Fsp3) is 0.727. The minimum absolute atomic E-state index is 0.509. The summed E-state index contributed by atoms with van der Waals surface area (Å²) in [6.45, 7) is 2.29. The molecule has 17 heavy (non-hydrogen) atoms. The summed E-state index contributed by atoms with van der Waals surface area (Å²) in [5.74, 6) is -1.91. The molecule has 0 amide bonds. The van der Waals surface area contributed by atoms with E-state index in [4.69, 9.17) is 5.11 Å². The van der Waals surface area contributed by atoms with E-state index in [1.807, 2.05) is 0 Å². The fourth-order valence-corrected chi connectivity index (χ4v) is 1.72. The Labute approximate surface area is 99.3 Å². The summed E-state index contributed by atoms with van der Waals surface area (Å²) in [6, 6.07) is 0. The zero-order chi connectivity index (χ0) is 13.9. The second-order valence-electron chi connectivity index (χ2n) is 4.36. The van der Waals surface area contributed by atoms with Gasteiger partial charge in [-0.3, -0.25) is 14.4 Å². The minimum atomic E-state index is -2.45. The Hall–Kier alpha value is -1.11. The maximum atomic E-state index is 11.4. The minimum Gasteiger partial charge on any atom is -0.393 e. The molecule has 2 atom stereocenters. The van der Waals surface area contributed by atoms with Gasteiger partial charge in [0.15, 0.2) is 11.4 Å². The molecule has 0 aromatic heterocycles. The number of aliphatic hydroxyl groups is 3. The molecule has 0 saturated heterocycles. The summed E-state index contributed by atoms with van der Waals surface area (Å²) in [7, 11) is 0. The van der Waals surface area contributed by atoms with Crippen molar-refractivity contribution in [3.63, 3.8) is 0 Å². The highest BCUT2D eigenvalue weighted by atomic mass is 16.4. The van der Waals surface area contributed by atoms with Crippen molar-refractivity contribution in [3.8, 4) is 0 Å². The average Bonchev–Trinajstić information content (AvgIpc) is 2.14. The summed E-state index contributed by atoms with van der Waals surface area (Å²) < 4.78 is 0. The van der Waals surface area contributed by atoms with Crippen molar-refractivity contribution in [1.29, 1.82) is 0 Å². The first-order chi connectivity index (χ1) is 7.59. The topological polar surface area (TPSA) is 112 Å². The van der Waals surface area contributed by atoms with E-state index < -0.39 is 48.0 Å². The van der Waals surface area contributed by atoms with Crippen molar-refractivity contribution in [3.05, 3.63) is 0 Å². The quantitative estimate of drug-likeness (QED) is 0.530. The third kappa shape index (κ3) is 3.42. The first-order valence-electron chi connectivity index (χ1n) is 5.14. The Morgan fingerprint density at radius 1 is 0.941 bits per heavy atom. The van der Waals surface area contributed by atoms with Gasteiger partial charge in [-0.2, -0.15) is 0 Å². The standard InChI is InChI=1S/C11H18O6/c1-7(13)4-10(16,6-12)11(17,9(3)15)5-8(2)14/h12,16-17H,4-6H2,1-3H3. The number of hydrogen-bond donors (Lipinski definition) is 3. The van der Waals surface area contributed by atoms with E-state index >= 15 is 0 Å². The molecular weight excluding hydrogens is 228 g/mol. The maximum absolute atomic E-state index is 11.4. The van der Waals surface area contributed by atoms with Crippen LogP contribution in [0.3, 0.4) is 0 Å². The molecule has 0 spiro atoms. The number of carbonyl (C=O) groups is 3. The molecule has 0 radical (unpaired) electrons. The Kier molecular flexibility index (Phi) is 5.12. The predicted octanol–water partition coefficient (Wildman–Crippen LogP) is -1.01. The summed E-state index contributed by atoms with van der Waals surface area (Å²) >= 11 is 0. The molecule has 6 heteroatoms. The van der Waals surface area contributed by atoms with Gasteiger partial charge in [-0.05, 0) is 20.8 Å². The maximum Gasteiger partial charge on any atom is 0.164 e. The lowest BCUT2D eigenvalue weighted by Gasteiger charge is -2.39. The van der Waals surface area contributed by atoms with Crippen molar-refractivity contribution in [2.75, 3.05) is 6.61 Å². The molecule has 2 unspecified atom stereocenters. The highest BCUT2D eigenvalue weighted by molar-refractivity contribution is 5.93. The Bertz CT molecular complexity index is 337. The van der Waals surface area contributed by atoms with Gasteiger partial charge in [0.1, 0.15) is 17.2 Å². The lowest BCUT2D eigenvalue weighted by atomic mass is 9.74. The second-order valence-corrected chi connectivity index (χ2v) is 4.36. The highest BCUT2D eigenvalue weighted by Crippen LogP contribution is 2.30. The van der Waals surface area contributed by atoms with E-state index in [-0.39, 0.29) is 0 Å². The monoisotopic (exact) mass is 246 g/mol. The molecule has 0 rings (SSSR count). The summed E-state index contributed by atoms with van der Waals surface area (Å²) in [5, 5.41) is 29.2. The molecule has 0 fully saturated rings. The molecule has 0 aliphatic carbocycles. The van der Waals surface area contributed by atoms with Gasteiger partial charge in [0, 0.05) is 12.8 Å². The lowest BCUT2D eigenvalue weighted by Crippen LogP contribution is -2.62. The zero-order valence-electron chi connectivity index (χ0n) is 10.2. The van der Waals surface area contributed by atoms with Crippen LogP contribution in [0.2, 0.25) is 0 Å². The van der Waals surface area contributed by atoms with Gasteiger partial charge >= 0.3 is 0 Å². The van der Waals surface area contributed by atoms with Gasteiger partial charge in [-0.25, -0.2) is 0 Å². The van der Waals surface area contributed by atoms with Gasteiger partial charge in [-0.1, -0.05) is 0 Å². The van der Waals surface area contributed by atoms with Crippen molar-refractivity contribution < 1.29 is 29.7 Å². The smallest absolute Gasteiger partial charge is 0.164 e. The van der Waals surface area contributed by atoms with E-state index in [2.05, 4.69) is 0 Å². The molecule has 0 heterocycles. The molecular formula is C11H18O6. The fourth-order valence-electron chi connectivity index (χ4n) is 1.72. The van der Waals surface area contributed by atoms with Crippen LogP contribution in [-0.4, -0.2) is 50.5 Å². The van der Waals surface area contributed by atoms with Crippen LogP contribution in [0.15, 0.2) is 0 Å². The first-order valence-corrected chi connectivity index (χ1v) is 5.14. The lowest BCUT2D eigenvalue weighted by molar-refractivity contribution is -0.189. The van der Waals surface area contributed by atoms with Gasteiger partial charge in [0.2, 0.25) is 0 Å². The van der Waals surface area contributed by atoms with Crippen LogP contribution in [0.25, 0.3) is 0 Å². The van der Waals surface area contributed by atoms with Crippen LogP contribution in [0.1, 0.15) is 33.6 Å². The molecule has 3 N–H and O–H groups in total. The molecule has 0 aliphatic rings. The third-order valence-corrected chi connectivity index (χ3v) is 2.66. The van der Waals surface area contributed by atoms with Crippen molar-refractivity contribution in [2.24, 2.45) is 0 Å². The Morgan fingerprint density at radius 2 is 1.35 bits per heavy atom. The predicted molar refractivity (Wildman–Crippen MR) is 58.3 cm³/mol. The number of hydrogen-bond acceptors (Lipinski definition) is 6. The molecule has 0 aromatic carbocycles. The van der Waals surface area contributed by atoms with Crippen molar-refractivity contribution in [1.82, 2.24) is 0 Å². The number of rotatable bonds is 7. The van der Waals surface area contributed by atoms with Gasteiger partial charge < -0.3 is 15.3 Å². The average molecular weight is 246 g/mol. The van der Waals surface area contributed by atoms with E-state index in [1.165, 1.54) is 0 Å².